The molecular formula is C12H13NO2. The maximum atomic E-state index is 7.00. The van der Waals surface area contributed by atoms with Crippen molar-refractivity contribution in [1.82, 2.24) is 4.98 Å². The van der Waals surface area contributed by atoms with Crippen LogP contribution in [0, 0.1) is 0 Å². The largest absolute Gasteiger partial charge is 0.439 e. The van der Waals surface area contributed by atoms with Crippen molar-refractivity contribution in [3.8, 4) is 11.6 Å². The fourth-order valence-corrected chi connectivity index (χ4v) is 1.02. The summed E-state index contributed by atoms with van der Waals surface area (Å²) in [5.41, 5.74) is 0. The fraction of sp³-hybridized carbons (Fsp3) is 0.0833. The van der Waals surface area contributed by atoms with Gasteiger partial charge in [-0.05, 0) is 18.2 Å². The van der Waals surface area contributed by atoms with E-state index in [1.54, 1.807) is 6.20 Å². The second-order valence-corrected chi connectivity index (χ2v) is 2.58. The molecule has 0 saturated heterocycles. The number of rotatable bonds is 2. The van der Waals surface area contributed by atoms with E-state index < -0.39 is 0 Å². The molecule has 0 radical (unpaired) electrons. The minimum absolute atomic E-state index is 0.619. The summed E-state index contributed by atoms with van der Waals surface area (Å²) in [5.74, 6) is 1.43. The molecule has 0 atom stereocenters. The number of hydrogen-bond acceptors (Lipinski definition) is 3. The molecule has 1 aromatic carbocycles. The topological polar surface area (TPSA) is 42.4 Å². The first-order valence-corrected chi connectivity index (χ1v) is 4.54. The zero-order valence-electron chi connectivity index (χ0n) is 8.50. The van der Waals surface area contributed by atoms with E-state index in [4.69, 9.17) is 9.84 Å². The van der Waals surface area contributed by atoms with Crippen LogP contribution in [0.5, 0.6) is 11.6 Å². The van der Waals surface area contributed by atoms with Gasteiger partial charge in [0.05, 0.1) is 0 Å². The van der Waals surface area contributed by atoms with E-state index in [9.17, 15) is 0 Å². The van der Waals surface area contributed by atoms with E-state index in [0.717, 1.165) is 12.9 Å². The molecular weight excluding hydrogens is 190 g/mol. The summed E-state index contributed by atoms with van der Waals surface area (Å²) < 4.78 is 5.47. The Morgan fingerprint density at radius 2 is 1.60 bits per heavy atom. The van der Waals surface area contributed by atoms with Gasteiger partial charge < -0.3 is 9.84 Å². The van der Waals surface area contributed by atoms with E-state index in [0.29, 0.717) is 5.88 Å². The van der Waals surface area contributed by atoms with Crippen LogP contribution in [0.15, 0.2) is 54.7 Å². The predicted octanol–water partition coefficient (Wildman–Crippen LogP) is 2.48. The summed E-state index contributed by atoms with van der Waals surface area (Å²) in [7, 11) is 1.00. The molecule has 0 saturated carbocycles. The first-order chi connectivity index (χ1) is 7.45. The van der Waals surface area contributed by atoms with Gasteiger partial charge in [0.15, 0.2) is 0 Å². The molecule has 78 valence electrons. The second kappa shape index (κ2) is 6.56. The quantitative estimate of drug-likeness (QED) is 0.815. The number of para-hydroxylation sites is 1. The lowest BCUT2D eigenvalue weighted by atomic mass is 10.3. The Morgan fingerprint density at radius 1 is 0.933 bits per heavy atom. The molecule has 1 aromatic heterocycles. The van der Waals surface area contributed by atoms with Crippen molar-refractivity contribution < 1.29 is 9.84 Å². The number of aromatic nitrogens is 1. The number of aliphatic hydroxyl groups excluding tert-OH is 1. The van der Waals surface area contributed by atoms with Gasteiger partial charge in [-0.2, -0.15) is 0 Å². The molecule has 0 amide bonds. The molecule has 2 rings (SSSR count). The first-order valence-electron chi connectivity index (χ1n) is 4.54. The lowest BCUT2D eigenvalue weighted by Gasteiger charge is -2.02. The van der Waals surface area contributed by atoms with Crippen molar-refractivity contribution in [2.24, 2.45) is 0 Å². The molecule has 0 aliphatic heterocycles. The summed E-state index contributed by atoms with van der Waals surface area (Å²) in [5, 5.41) is 7.00. The van der Waals surface area contributed by atoms with Crippen LogP contribution in [0.1, 0.15) is 0 Å². The van der Waals surface area contributed by atoms with Gasteiger partial charge in [0.1, 0.15) is 5.75 Å². The van der Waals surface area contributed by atoms with Crippen LogP contribution in [-0.4, -0.2) is 17.2 Å². The SMILES string of the molecule is CO.c1ccc(Oc2ccccn2)cc1. The summed E-state index contributed by atoms with van der Waals surface area (Å²) in [6, 6.07) is 15.2. The Hall–Kier alpha value is -1.87. The average molecular weight is 203 g/mol. The van der Waals surface area contributed by atoms with Crippen LogP contribution >= 0.6 is 0 Å². The number of hydrogen-bond donors (Lipinski definition) is 1. The Kier molecular flexibility index (Phi) is 4.90. The maximum Gasteiger partial charge on any atom is 0.219 e. The third kappa shape index (κ3) is 3.79. The van der Waals surface area contributed by atoms with Crippen LogP contribution in [-0.2, 0) is 0 Å². The smallest absolute Gasteiger partial charge is 0.219 e. The van der Waals surface area contributed by atoms with Crippen LogP contribution in [0.2, 0.25) is 0 Å². The van der Waals surface area contributed by atoms with Crippen LogP contribution in [0.4, 0.5) is 0 Å². The predicted molar refractivity (Wildman–Crippen MR) is 58.9 cm³/mol. The highest BCUT2D eigenvalue weighted by atomic mass is 16.5. The summed E-state index contributed by atoms with van der Waals surface area (Å²) in [6.07, 6.45) is 1.71. The Morgan fingerprint density at radius 3 is 2.20 bits per heavy atom. The Balaban J connectivity index is 0.000000531. The first kappa shape index (κ1) is 11.2. The monoisotopic (exact) mass is 203 g/mol. The zero-order valence-corrected chi connectivity index (χ0v) is 8.50. The number of pyridine rings is 1. The van der Waals surface area contributed by atoms with Gasteiger partial charge in [-0.1, -0.05) is 24.3 Å². The van der Waals surface area contributed by atoms with E-state index in [2.05, 4.69) is 4.98 Å². The summed E-state index contributed by atoms with van der Waals surface area (Å²) in [6.45, 7) is 0. The third-order valence-corrected chi connectivity index (χ3v) is 1.60. The number of nitrogens with zero attached hydrogens (tertiary/aromatic N) is 1. The number of benzene rings is 1. The molecule has 1 heterocycles. The molecule has 3 nitrogen and oxygen atoms in total. The summed E-state index contributed by atoms with van der Waals surface area (Å²) >= 11 is 0. The van der Waals surface area contributed by atoms with Crippen molar-refractivity contribution in [1.29, 1.82) is 0 Å². The van der Waals surface area contributed by atoms with Crippen molar-refractivity contribution >= 4 is 0 Å². The van der Waals surface area contributed by atoms with Crippen LogP contribution in [0.3, 0.4) is 0 Å². The van der Waals surface area contributed by atoms with Gasteiger partial charge in [-0.3, -0.25) is 0 Å². The number of aliphatic hydroxyl groups is 1. The Labute approximate surface area is 89.0 Å². The van der Waals surface area contributed by atoms with Gasteiger partial charge in [-0.15, -0.1) is 0 Å². The highest BCUT2D eigenvalue weighted by Gasteiger charge is 1.93. The van der Waals surface area contributed by atoms with Crippen molar-refractivity contribution in [3.05, 3.63) is 54.7 Å². The van der Waals surface area contributed by atoms with E-state index in [1.165, 1.54) is 0 Å². The van der Waals surface area contributed by atoms with Gasteiger partial charge >= 0.3 is 0 Å². The molecule has 0 aliphatic rings. The van der Waals surface area contributed by atoms with Gasteiger partial charge in [0, 0.05) is 19.4 Å². The maximum absolute atomic E-state index is 7.00. The highest BCUT2D eigenvalue weighted by molar-refractivity contribution is 5.26. The molecule has 0 aliphatic carbocycles. The van der Waals surface area contributed by atoms with E-state index in [-0.39, 0.29) is 0 Å². The molecule has 0 fully saturated rings. The Bertz CT molecular complexity index is 324. The molecule has 15 heavy (non-hydrogen) atoms. The molecule has 0 unspecified atom stereocenters. The standard InChI is InChI=1S/C11H9NO.CH4O/c1-2-6-10(7-3-1)13-11-8-4-5-9-12-11;1-2/h1-9H;2H,1H3. The molecule has 1 N–H and O–H groups in total. The number of ether oxygens (including phenoxy) is 1. The lowest BCUT2D eigenvalue weighted by molar-refractivity contribution is 0.399. The van der Waals surface area contributed by atoms with Crippen molar-refractivity contribution in [3.63, 3.8) is 0 Å². The molecule has 2 aromatic rings. The highest BCUT2D eigenvalue weighted by Crippen LogP contribution is 2.17. The van der Waals surface area contributed by atoms with Crippen LogP contribution < -0.4 is 4.74 Å². The minimum atomic E-state index is 0.619. The molecule has 0 spiro atoms. The van der Waals surface area contributed by atoms with Crippen molar-refractivity contribution in [2.45, 2.75) is 0 Å². The van der Waals surface area contributed by atoms with Crippen LogP contribution in [0.25, 0.3) is 0 Å². The summed E-state index contributed by atoms with van der Waals surface area (Å²) in [4.78, 5) is 4.05. The average Bonchev–Trinajstić information content (AvgIpc) is 2.34. The lowest BCUT2D eigenvalue weighted by Crippen LogP contribution is -1.85. The minimum Gasteiger partial charge on any atom is -0.439 e. The molecule has 3 heteroatoms. The van der Waals surface area contributed by atoms with Gasteiger partial charge in [0.25, 0.3) is 0 Å². The third-order valence-electron chi connectivity index (χ3n) is 1.60. The van der Waals surface area contributed by atoms with Gasteiger partial charge in [0.2, 0.25) is 5.88 Å². The zero-order chi connectivity index (χ0) is 10.9. The molecule has 0 bridgehead atoms. The van der Waals surface area contributed by atoms with E-state index in [1.807, 2.05) is 48.5 Å². The fourth-order valence-electron chi connectivity index (χ4n) is 1.02. The van der Waals surface area contributed by atoms with E-state index >= 15 is 0 Å². The van der Waals surface area contributed by atoms with Crippen molar-refractivity contribution in [2.75, 3.05) is 7.11 Å². The second-order valence-electron chi connectivity index (χ2n) is 2.58. The normalized spacial score (nSPS) is 8.67. The van der Waals surface area contributed by atoms with Gasteiger partial charge in [-0.25, -0.2) is 4.98 Å².